The van der Waals surface area contributed by atoms with Gasteiger partial charge in [0.15, 0.2) is 0 Å². The highest BCUT2D eigenvalue weighted by molar-refractivity contribution is 5.01. The van der Waals surface area contributed by atoms with Crippen LogP contribution in [0, 0.1) is 0 Å². The Balaban J connectivity index is 2.15. The largest absolute Gasteiger partial charge is 0.391 e. The topological polar surface area (TPSA) is 84.2 Å². The molecule has 0 aliphatic carbocycles. The number of rotatable bonds is 0. The van der Waals surface area contributed by atoms with Crippen molar-refractivity contribution in [2.45, 2.75) is 36.9 Å². The molecule has 2 aliphatic heterocycles. The second kappa shape index (κ2) is 3.18. The van der Waals surface area contributed by atoms with Gasteiger partial charge in [-0.15, -0.1) is 0 Å². The highest BCUT2D eigenvalue weighted by atomic mass is 16.4. The fourth-order valence-electron chi connectivity index (χ4n) is 2.30. The lowest BCUT2D eigenvalue weighted by atomic mass is 9.93. The maximum atomic E-state index is 9.58. The van der Waals surface area contributed by atoms with E-state index in [4.69, 9.17) is 0 Å². The maximum Gasteiger partial charge on any atom is 0.109 e. The van der Waals surface area contributed by atoms with E-state index in [1.54, 1.807) is 0 Å². The molecule has 2 saturated heterocycles. The predicted molar refractivity (Wildman–Crippen MR) is 44.0 cm³/mol. The van der Waals surface area contributed by atoms with E-state index in [2.05, 4.69) is 0 Å². The molecule has 0 unspecified atom stereocenters. The molecule has 2 aliphatic rings. The van der Waals surface area contributed by atoms with Crippen LogP contribution in [0.5, 0.6) is 0 Å². The molecule has 0 bridgehead atoms. The molecule has 2 heterocycles. The van der Waals surface area contributed by atoms with E-state index in [0.29, 0.717) is 19.5 Å². The van der Waals surface area contributed by atoms with Crippen LogP contribution in [0.1, 0.15) is 6.42 Å². The highest BCUT2D eigenvalue weighted by Gasteiger charge is 2.47. The molecular formula is C8H15NO4. The van der Waals surface area contributed by atoms with Crippen LogP contribution in [0.3, 0.4) is 0 Å². The molecule has 0 amide bonds. The van der Waals surface area contributed by atoms with Crippen molar-refractivity contribution in [3.05, 3.63) is 0 Å². The number of nitrogens with zero attached hydrogens (tertiary/aromatic N) is 1. The van der Waals surface area contributed by atoms with Gasteiger partial charge in [0.25, 0.3) is 0 Å². The molecule has 2 fully saturated rings. The average Bonchev–Trinajstić information content (AvgIpc) is 2.43. The Bertz CT molecular complexity index is 201. The summed E-state index contributed by atoms with van der Waals surface area (Å²) in [5, 5.41) is 37.8. The summed E-state index contributed by atoms with van der Waals surface area (Å²) >= 11 is 0. The lowest BCUT2D eigenvalue weighted by Gasteiger charge is -2.40. The molecule has 13 heavy (non-hydrogen) atoms. The van der Waals surface area contributed by atoms with Crippen LogP contribution >= 0.6 is 0 Å². The van der Waals surface area contributed by atoms with E-state index in [0.717, 1.165) is 0 Å². The van der Waals surface area contributed by atoms with E-state index >= 15 is 0 Å². The first-order valence-electron chi connectivity index (χ1n) is 4.57. The quantitative estimate of drug-likeness (QED) is 0.339. The average molecular weight is 189 g/mol. The molecule has 0 spiro atoms. The third-order valence-corrected chi connectivity index (χ3v) is 3.04. The van der Waals surface area contributed by atoms with Gasteiger partial charge in [0, 0.05) is 13.1 Å². The van der Waals surface area contributed by atoms with Gasteiger partial charge in [-0.2, -0.15) is 0 Å². The van der Waals surface area contributed by atoms with Gasteiger partial charge in [0.1, 0.15) is 12.2 Å². The van der Waals surface area contributed by atoms with Crippen molar-refractivity contribution in [1.29, 1.82) is 0 Å². The maximum absolute atomic E-state index is 9.58. The van der Waals surface area contributed by atoms with Gasteiger partial charge in [-0.05, 0) is 6.42 Å². The molecule has 5 nitrogen and oxygen atoms in total. The number of hydrogen-bond donors (Lipinski definition) is 4. The Labute approximate surface area is 76.2 Å². The monoisotopic (exact) mass is 189 g/mol. The summed E-state index contributed by atoms with van der Waals surface area (Å²) in [4.78, 5) is 1.83. The Morgan fingerprint density at radius 1 is 0.923 bits per heavy atom. The first kappa shape index (κ1) is 9.36. The van der Waals surface area contributed by atoms with E-state index < -0.39 is 30.5 Å². The van der Waals surface area contributed by atoms with Crippen LogP contribution in [0.25, 0.3) is 0 Å². The number of hydrogen-bond acceptors (Lipinski definition) is 5. The van der Waals surface area contributed by atoms with Crippen molar-refractivity contribution in [3.8, 4) is 0 Å². The Morgan fingerprint density at radius 3 is 2.31 bits per heavy atom. The van der Waals surface area contributed by atoms with Gasteiger partial charge in [-0.3, -0.25) is 4.90 Å². The third-order valence-electron chi connectivity index (χ3n) is 3.04. The molecule has 0 aromatic heterocycles. The van der Waals surface area contributed by atoms with Crippen LogP contribution in [-0.2, 0) is 0 Å². The predicted octanol–water partition coefficient (Wildman–Crippen LogP) is -2.48. The fraction of sp³-hybridized carbons (Fsp3) is 1.00. The normalized spacial score (nSPS) is 52.2. The molecule has 5 atom stereocenters. The van der Waals surface area contributed by atoms with E-state index in [-0.39, 0.29) is 0 Å². The highest BCUT2D eigenvalue weighted by Crippen LogP contribution is 2.27. The number of fused-ring (bicyclic) bond motifs is 1. The first-order valence-corrected chi connectivity index (χ1v) is 4.57. The van der Waals surface area contributed by atoms with Crippen LogP contribution in [0.4, 0.5) is 0 Å². The van der Waals surface area contributed by atoms with Crippen molar-refractivity contribution < 1.29 is 20.4 Å². The van der Waals surface area contributed by atoms with Gasteiger partial charge >= 0.3 is 0 Å². The summed E-state index contributed by atoms with van der Waals surface area (Å²) in [5.74, 6) is 0. The van der Waals surface area contributed by atoms with Crippen LogP contribution in [0.2, 0.25) is 0 Å². The first-order chi connectivity index (χ1) is 6.11. The van der Waals surface area contributed by atoms with Crippen LogP contribution < -0.4 is 0 Å². The summed E-state index contributed by atoms with van der Waals surface area (Å²) in [6, 6.07) is -0.404. The molecule has 76 valence electrons. The van der Waals surface area contributed by atoms with Crippen molar-refractivity contribution in [3.63, 3.8) is 0 Å². The zero-order valence-electron chi connectivity index (χ0n) is 7.24. The summed E-state index contributed by atoms with van der Waals surface area (Å²) in [7, 11) is 0. The van der Waals surface area contributed by atoms with Gasteiger partial charge in [-0.1, -0.05) is 0 Å². The summed E-state index contributed by atoms with van der Waals surface area (Å²) in [5.41, 5.74) is 0. The fourth-order valence-corrected chi connectivity index (χ4v) is 2.30. The van der Waals surface area contributed by atoms with Crippen molar-refractivity contribution in [2.24, 2.45) is 0 Å². The van der Waals surface area contributed by atoms with Gasteiger partial charge in [0.2, 0.25) is 0 Å². The van der Waals surface area contributed by atoms with Crippen molar-refractivity contribution in [2.75, 3.05) is 13.1 Å². The SMILES string of the molecule is O[C@@H]1[C@@H](O)[C@H](O)CN2CC[C@H](O)[C@H]12. The Morgan fingerprint density at radius 2 is 1.62 bits per heavy atom. The molecule has 5 heteroatoms. The summed E-state index contributed by atoms with van der Waals surface area (Å²) in [6.07, 6.45) is -3.06. The van der Waals surface area contributed by atoms with Crippen molar-refractivity contribution in [1.82, 2.24) is 4.90 Å². The van der Waals surface area contributed by atoms with E-state index in [1.165, 1.54) is 0 Å². The number of aliphatic hydroxyl groups is 4. The molecular weight excluding hydrogens is 174 g/mol. The van der Waals surface area contributed by atoms with Crippen LogP contribution in [0.15, 0.2) is 0 Å². The Hall–Kier alpha value is -0.200. The Kier molecular flexibility index (Phi) is 2.29. The van der Waals surface area contributed by atoms with E-state index in [1.807, 2.05) is 4.90 Å². The zero-order chi connectivity index (χ0) is 9.59. The van der Waals surface area contributed by atoms with Gasteiger partial charge < -0.3 is 20.4 Å². The van der Waals surface area contributed by atoms with Gasteiger partial charge in [0.05, 0.1) is 18.2 Å². The number of aliphatic hydroxyl groups excluding tert-OH is 4. The summed E-state index contributed by atoms with van der Waals surface area (Å²) < 4.78 is 0. The second-order valence-electron chi connectivity index (χ2n) is 3.89. The molecule has 0 saturated carbocycles. The minimum atomic E-state index is -1.13. The lowest BCUT2D eigenvalue weighted by molar-refractivity contribution is -0.140. The molecule has 0 radical (unpaired) electrons. The second-order valence-corrected chi connectivity index (χ2v) is 3.89. The van der Waals surface area contributed by atoms with E-state index in [9.17, 15) is 20.4 Å². The number of piperidine rings is 1. The smallest absolute Gasteiger partial charge is 0.109 e. The van der Waals surface area contributed by atoms with Gasteiger partial charge in [-0.25, -0.2) is 0 Å². The lowest BCUT2D eigenvalue weighted by Crippen LogP contribution is -2.61. The zero-order valence-corrected chi connectivity index (χ0v) is 7.24. The van der Waals surface area contributed by atoms with Crippen LogP contribution in [-0.4, -0.2) is 68.9 Å². The molecule has 4 N–H and O–H groups in total. The molecule has 0 aromatic rings. The molecule has 0 aromatic carbocycles. The molecule has 2 rings (SSSR count). The van der Waals surface area contributed by atoms with Crippen molar-refractivity contribution >= 4 is 0 Å². The third kappa shape index (κ3) is 1.37. The minimum absolute atomic E-state index is 0.333. The standard InChI is InChI=1S/C8H15NO4/c10-4-1-2-9-3-5(11)7(12)8(13)6(4)9/h4-8,10-13H,1-3H2/t4-,5+,6+,7-,8-/m0/s1. The minimum Gasteiger partial charge on any atom is -0.391 e. The summed E-state index contributed by atoms with van der Waals surface area (Å²) in [6.45, 7) is 1.01.